The second kappa shape index (κ2) is 8.97. The molecule has 31 heavy (non-hydrogen) atoms. The highest BCUT2D eigenvalue weighted by Crippen LogP contribution is 2.34. The summed E-state index contributed by atoms with van der Waals surface area (Å²) < 4.78 is 44.3. The zero-order chi connectivity index (χ0) is 22.0. The molecule has 0 radical (unpaired) electrons. The van der Waals surface area contributed by atoms with E-state index in [2.05, 4.69) is 10.1 Å². The van der Waals surface area contributed by atoms with Crippen molar-refractivity contribution in [1.82, 2.24) is 14.4 Å². The van der Waals surface area contributed by atoms with Gasteiger partial charge < -0.3 is 14.0 Å². The van der Waals surface area contributed by atoms with Crippen LogP contribution in [0.5, 0.6) is 11.5 Å². The predicted octanol–water partition coefficient (Wildman–Crippen LogP) is 4.16. The lowest BCUT2D eigenvalue weighted by Crippen LogP contribution is -2.38. The van der Waals surface area contributed by atoms with E-state index in [9.17, 15) is 8.42 Å². The number of nitrogens with zero attached hydrogens (tertiary/aromatic N) is 3. The third-order valence-corrected chi connectivity index (χ3v) is 8.29. The van der Waals surface area contributed by atoms with E-state index in [0.29, 0.717) is 40.5 Å². The van der Waals surface area contributed by atoms with Gasteiger partial charge in [-0.25, -0.2) is 8.42 Å². The van der Waals surface area contributed by atoms with Gasteiger partial charge in [0.2, 0.25) is 11.7 Å². The van der Waals surface area contributed by atoms with Crippen LogP contribution in [0.1, 0.15) is 38.5 Å². The van der Waals surface area contributed by atoms with E-state index in [0.717, 1.165) is 18.4 Å². The van der Waals surface area contributed by atoms with Crippen LogP contribution >= 0.6 is 11.3 Å². The molecule has 0 amide bonds. The predicted molar refractivity (Wildman–Crippen MR) is 117 cm³/mol. The summed E-state index contributed by atoms with van der Waals surface area (Å²) in [5, 5.41) is 5.88. The van der Waals surface area contributed by atoms with Gasteiger partial charge in [-0.15, -0.1) is 11.3 Å². The summed E-state index contributed by atoms with van der Waals surface area (Å²) >= 11 is 1.23. The van der Waals surface area contributed by atoms with Gasteiger partial charge in [-0.05, 0) is 56.3 Å². The monoisotopic (exact) mass is 463 g/mol. The molecule has 0 unspecified atom stereocenters. The molecule has 1 fully saturated rings. The molecule has 3 aromatic rings. The Morgan fingerprint density at radius 2 is 2.10 bits per heavy atom. The summed E-state index contributed by atoms with van der Waals surface area (Å²) in [4.78, 5) is 4.56. The summed E-state index contributed by atoms with van der Waals surface area (Å²) in [7, 11) is -1.92. The highest BCUT2D eigenvalue weighted by atomic mass is 32.2. The fourth-order valence-corrected chi connectivity index (χ4v) is 6.24. The maximum atomic E-state index is 12.9. The molecule has 8 nitrogen and oxygen atoms in total. The molecule has 166 valence electrons. The lowest BCUT2D eigenvalue weighted by molar-refractivity contribution is 0.230. The highest BCUT2D eigenvalue weighted by molar-refractivity contribution is 7.91. The first-order chi connectivity index (χ1) is 14.9. The number of methoxy groups -OCH3 is 1. The van der Waals surface area contributed by atoms with Gasteiger partial charge in [0.15, 0.2) is 11.5 Å². The van der Waals surface area contributed by atoms with Gasteiger partial charge in [-0.1, -0.05) is 11.2 Å². The van der Waals surface area contributed by atoms with Crippen LogP contribution < -0.4 is 9.47 Å². The maximum Gasteiger partial charge on any atom is 0.252 e. The van der Waals surface area contributed by atoms with Crippen molar-refractivity contribution in [3.05, 3.63) is 41.6 Å². The Bertz CT molecular complexity index is 1130. The first-order valence-corrected chi connectivity index (χ1v) is 12.4. The zero-order valence-electron chi connectivity index (χ0n) is 17.6. The van der Waals surface area contributed by atoms with Crippen molar-refractivity contribution in [1.29, 1.82) is 0 Å². The Labute approximate surface area is 185 Å². The largest absolute Gasteiger partial charge is 0.493 e. The fourth-order valence-electron chi connectivity index (χ4n) is 3.58. The van der Waals surface area contributed by atoms with Crippen LogP contribution in [0.4, 0.5) is 0 Å². The van der Waals surface area contributed by atoms with Gasteiger partial charge in [-0.2, -0.15) is 9.29 Å². The maximum absolute atomic E-state index is 12.9. The molecular weight excluding hydrogens is 438 g/mol. The Morgan fingerprint density at radius 3 is 2.81 bits per heavy atom. The quantitative estimate of drug-likeness (QED) is 0.519. The number of thiophene rings is 1. The van der Waals surface area contributed by atoms with Gasteiger partial charge in [0.1, 0.15) is 4.21 Å². The number of piperidine rings is 1. The lowest BCUT2D eigenvalue weighted by atomic mass is 10.00. The second-order valence-electron chi connectivity index (χ2n) is 7.62. The molecule has 1 aliphatic rings. The van der Waals surface area contributed by atoms with Gasteiger partial charge in [0.25, 0.3) is 10.0 Å². The minimum atomic E-state index is -3.50. The van der Waals surface area contributed by atoms with E-state index in [-0.39, 0.29) is 12.0 Å². The Hall–Kier alpha value is -2.43. The van der Waals surface area contributed by atoms with Crippen LogP contribution in [0.15, 0.2) is 44.4 Å². The molecule has 1 atom stereocenters. The molecule has 3 heterocycles. The van der Waals surface area contributed by atoms with Crippen LogP contribution in [-0.4, -0.2) is 49.2 Å². The smallest absolute Gasteiger partial charge is 0.252 e. The van der Waals surface area contributed by atoms with Crippen LogP contribution in [0.3, 0.4) is 0 Å². The number of hydrogen-bond acceptors (Lipinski definition) is 8. The molecule has 10 heteroatoms. The molecular formula is C21H25N3O5S2. The molecule has 4 rings (SSSR count). The molecule has 1 aromatic carbocycles. The third-order valence-electron chi connectivity index (χ3n) is 5.05. The average molecular weight is 464 g/mol. The summed E-state index contributed by atoms with van der Waals surface area (Å²) in [5.41, 5.74) is 0.738. The van der Waals surface area contributed by atoms with E-state index >= 15 is 0 Å². The van der Waals surface area contributed by atoms with Gasteiger partial charge in [0.05, 0.1) is 19.1 Å². The van der Waals surface area contributed by atoms with Crippen LogP contribution in [0.2, 0.25) is 0 Å². The Kier molecular flexibility index (Phi) is 6.31. The standard InChI is InChI=1S/C21H25N3O5S2/c1-14(2)28-17-9-8-15(12-18(17)27-3)20-22-21(29-23-20)16-6-4-10-24(13-16)31(25,26)19-7-5-11-30-19/h5,7-9,11-12,14,16H,4,6,10,13H2,1-3H3/t16-/m1/s1. The number of rotatable bonds is 7. The average Bonchev–Trinajstić information content (AvgIpc) is 3.46. The lowest BCUT2D eigenvalue weighted by Gasteiger charge is -2.29. The van der Waals surface area contributed by atoms with Gasteiger partial charge >= 0.3 is 0 Å². The van der Waals surface area contributed by atoms with E-state index < -0.39 is 10.0 Å². The molecule has 0 N–H and O–H groups in total. The Balaban J connectivity index is 1.53. The molecule has 2 aromatic heterocycles. The summed E-state index contributed by atoms with van der Waals surface area (Å²) in [6, 6.07) is 8.85. The Morgan fingerprint density at radius 1 is 1.26 bits per heavy atom. The van der Waals surface area contributed by atoms with Crippen LogP contribution in [0.25, 0.3) is 11.4 Å². The van der Waals surface area contributed by atoms with Crippen molar-refractivity contribution in [2.45, 2.75) is 42.9 Å². The topological polar surface area (TPSA) is 94.8 Å². The first kappa shape index (κ1) is 21.8. The number of ether oxygens (including phenoxy) is 2. The van der Waals surface area contributed by atoms with Gasteiger partial charge in [-0.3, -0.25) is 0 Å². The second-order valence-corrected chi connectivity index (χ2v) is 10.7. The molecule has 1 saturated heterocycles. The molecule has 0 saturated carbocycles. The molecule has 0 spiro atoms. The number of hydrogen-bond donors (Lipinski definition) is 0. The van der Waals surface area contributed by atoms with Crippen molar-refractivity contribution in [3.8, 4) is 22.9 Å². The number of sulfonamides is 1. The molecule has 0 aliphatic carbocycles. The normalized spacial score (nSPS) is 17.7. The first-order valence-electron chi connectivity index (χ1n) is 10.1. The van der Waals surface area contributed by atoms with Crippen molar-refractivity contribution in [2.75, 3.05) is 20.2 Å². The minimum Gasteiger partial charge on any atom is -0.493 e. The van der Waals surface area contributed by atoms with E-state index in [1.165, 1.54) is 15.6 Å². The van der Waals surface area contributed by atoms with Crippen molar-refractivity contribution in [3.63, 3.8) is 0 Å². The zero-order valence-corrected chi connectivity index (χ0v) is 19.3. The third kappa shape index (κ3) is 4.60. The van der Waals surface area contributed by atoms with Crippen molar-refractivity contribution >= 4 is 21.4 Å². The van der Waals surface area contributed by atoms with Crippen LogP contribution in [-0.2, 0) is 10.0 Å². The van der Waals surface area contributed by atoms with E-state index in [4.69, 9.17) is 14.0 Å². The molecule has 1 aliphatic heterocycles. The van der Waals surface area contributed by atoms with E-state index in [1.807, 2.05) is 26.0 Å². The SMILES string of the molecule is COc1cc(-c2noc([C@@H]3CCCN(S(=O)(=O)c4cccs4)C3)n2)ccc1OC(C)C. The summed E-state index contributed by atoms with van der Waals surface area (Å²) in [6.07, 6.45) is 1.56. The number of benzene rings is 1. The summed E-state index contributed by atoms with van der Waals surface area (Å²) in [6.45, 7) is 4.72. The molecule has 0 bridgehead atoms. The highest BCUT2D eigenvalue weighted by Gasteiger charge is 2.34. The summed E-state index contributed by atoms with van der Waals surface area (Å²) in [5.74, 6) is 1.97. The van der Waals surface area contributed by atoms with Crippen molar-refractivity contribution in [2.24, 2.45) is 0 Å². The van der Waals surface area contributed by atoms with Crippen molar-refractivity contribution < 1.29 is 22.4 Å². The fraction of sp³-hybridized carbons (Fsp3) is 0.429. The van der Waals surface area contributed by atoms with Gasteiger partial charge in [0, 0.05) is 18.7 Å². The van der Waals surface area contributed by atoms with Crippen LogP contribution in [0, 0.1) is 0 Å². The van der Waals surface area contributed by atoms with E-state index in [1.54, 1.807) is 30.7 Å². The minimum absolute atomic E-state index is 0.0243. The number of aromatic nitrogens is 2.